The van der Waals surface area contributed by atoms with E-state index in [0.29, 0.717) is 13.1 Å². The van der Waals surface area contributed by atoms with Gasteiger partial charge in [-0.05, 0) is 65.9 Å². The van der Waals surface area contributed by atoms with Crippen LogP contribution in [0.3, 0.4) is 0 Å². The third kappa shape index (κ3) is 5.57. The molecule has 0 unspecified atom stereocenters. The number of carbonyl (C=O) groups excluding carboxylic acids is 1. The van der Waals surface area contributed by atoms with E-state index in [0.717, 1.165) is 31.5 Å². The third-order valence-corrected chi connectivity index (χ3v) is 6.22. The number of hydrogen-bond donors (Lipinski definition) is 0. The maximum atomic E-state index is 12.2. The largest absolute Gasteiger partial charge is 0.494 e. The molecule has 6 nitrogen and oxygen atoms in total. The van der Waals surface area contributed by atoms with Gasteiger partial charge in [-0.3, -0.25) is 4.90 Å². The summed E-state index contributed by atoms with van der Waals surface area (Å²) in [4.78, 5) is 16.4. The molecule has 0 N–H and O–H groups in total. The predicted molar refractivity (Wildman–Crippen MR) is 120 cm³/mol. The number of nitrogens with zero attached hydrogens (tertiary/aromatic N) is 2. The molecule has 0 spiro atoms. The van der Waals surface area contributed by atoms with Crippen LogP contribution >= 0.6 is 0 Å². The zero-order valence-corrected chi connectivity index (χ0v) is 19.7. The van der Waals surface area contributed by atoms with Gasteiger partial charge in [0.2, 0.25) is 0 Å². The van der Waals surface area contributed by atoms with Gasteiger partial charge in [0.25, 0.3) is 0 Å². The van der Waals surface area contributed by atoms with Crippen molar-refractivity contribution in [3.63, 3.8) is 0 Å². The Morgan fingerprint density at radius 3 is 2.23 bits per heavy atom. The lowest BCUT2D eigenvalue weighted by molar-refractivity contribution is 0.00578. The smallest absolute Gasteiger partial charge is 0.444 e. The van der Waals surface area contributed by atoms with Crippen LogP contribution in [0.1, 0.15) is 54.0 Å². The quantitative estimate of drug-likeness (QED) is 0.707. The molecule has 0 aliphatic carbocycles. The van der Waals surface area contributed by atoms with Gasteiger partial charge in [-0.2, -0.15) is 0 Å². The van der Waals surface area contributed by atoms with Crippen molar-refractivity contribution in [1.29, 1.82) is 0 Å². The molecule has 30 heavy (non-hydrogen) atoms. The minimum atomic E-state index is -0.448. The maximum Gasteiger partial charge on any atom is 0.494 e. The van der Waals surface area contributed by atoms with Gasteiger partial charge in [0.15, 0.2) is 0 Å². The van der Waals surface area contributed by atoms with E-state index in [1.165, 1.54) is 5.56 Å². The van der Waals surface area contributed by atoms with Crippen molar-refractivity contribution in [3.05, 3.63) is 29.8 Å². The minimum absolute atomic E-state index is 0.211. The van der Waals surface area contributed by atoms with Crippen LogP contribution in [0, 0.1) is 0 Å². The van der Waals surface area contributed by atoms with Crippen LogP contribution in [0.25, 0.3) is 0 Å². The second-order valence-electron chi connectivity index (χ2n) is 10.4. The summed E-state index contributed by atoms with van der Waals surface area (Å²) in [6.07, 6.45) is 0.747. The normalized spacial score (nSPS) is 21.7. The molecule has 0 atom stereocenters. The Balaban J connectivity index is 1.50. The van der Waals surface area contributed by atoms with E-state index in [1.54, 1.807) is 4.90 Å². The van der Waals surface area contributed by atoms with Gasteiger partial charge < -0.3 is 18.9 Å². The Morgan fingerprint density at radius 1 is 1.07 bits per heavy atom. The fourth-order valence-corrected chi connectivity index (χ4v) is 3.64. The van der Waals surface area contributed by atoms with E-state index < -0.39 is 5.60 Å². The molecule has 7 heteroatoms. The second kappa shape index (κ2) is 8.52. The summed E-state index contributed by atoms with van der Waals surface area (Å²) in [7, 11) is -0.327. The first kappa shape index (κ1) is 23.1. The Morgan fingerprint density at radius 2 is 1.67 bits per heavy atom. The molecular formula is C23H37BN2O4. The second-order valence-corrected chi connectivity index (χ2v) is 10.4. The SMILES string of the molecule is CC(C)(C)OC(=O)N1CCN(CCc2cccc(B3OC(C)(C)C(C)(C)O3)c2)CC1. The fourth-order valence-electron chi connectivity index (χ4n) is 3.64. The van der Waals surface area contributed by atoms with Gasteiger partial charge in [0.1, 0.15) is 5.60 Å². The van der Waals surface area contributed by atoms with Crippen LogP contribution in [0.4, 0.5) is 4.79 Å². The summed E-state index contributed by atoms with van der Waals surface area (Å²) in [6.45, 7) is 18.1. The number of carbonyl (C=O) groups is 1. The zero-order valence-electron chi connectivity index (χ0n) is 19.7. The van der Waals surface area contributed by atoms with E-state index in [1.807, 2.05) is 20.8 Å². The molecule has 2 saturated heterocycles. The lowest BCUT2D eigenvalue weighted by atomic mass is 9.78. The number of piperazine rings is 1. The van der Waals surface area contributed by atoms with Crippen molar-refractivity contribution in [1.82, 2.24) is 9.80 Å². The van der Waals surface area contributed by atoms with Crippen molar-refractivity contribution in [3.8, 4) is 0 Å². The number of rotatable bonds is 4. The standard InChI is InChI=1S/C23H37BN2O4/c1-21(2,3)28-20(27)26-15-13-25(14-16-26)12-11-18-9-8-10-19(17-18)24-29-22(4,5)23(6,7)30-24/h8-10,17H,11-16H2,1-7H3. The molecule has 0 saturated carbocycles. The molecule has 3 rings (SSSR count). The lowest BCUT2D eigenvalue weighted by Crippen LogP contribution is -2.50. The molecular weight excluding hydrogens is 379 g/mol. The van der Waals surface area contributed by atoms with Crippen LogP contribution in [-0.4, -0.2) is 72.5 Å². The third-order valence-electron chi connectivity index (χ3n) is 6.22. The number of hydrogen-bond acceptors (Lipinski definition) is 5. The Labute approximate surface area is 182 Å². The van der Waals surface area contributed by atoms with Gasteiger partial charge in [0, 0.05) is 32.7 Å². The molecule has 2 fully saturated rings. The first-order valence-corrected chi connectivity index (χ1v) is 11.0. The Kier molecular flexibility index (Phi) is 6.56. The summed E-state index contributed by atoms with van der Waals surface area (Å²) in [5.74, 6) is 0. The van der Waals surface area contributed by atoms with Gasteiger partial charge in [-0.1, -0.05) is 24.3 Å². The molecule has 0 radical (unpaired) electrons. The molecule has 166 valence electrons. The molecule has 1 aromatic carbocycles. The highest BCUT2D eigenvalue weighted by Crippen LogP contribution is 2.36. The average Bonchev–Trinajstić information content (AvgIpc) is 2.87. The molecule has 2 heterocycles. The number of amides is 1. The summed E-state index contributed by atoms with van der Waals surface area (Å²) >= 11 is 0. The highest BCUT2D eigenvalue weighted by atomic mass is 16.7. The average molecular weight is 416 g/mol. The highest BCUT2D eigenvalue weighted by molar-refractivity contribution is 6.62. The topological polar surface area (TPSA) is 51.2 Å². The molecule has 0 aromatic heterocycles. The lowest BCUT2D eigenvalue weighted by Gasteiger charge is -2.35. The summed E-state index contributed by atoms with van der Waals surface area (Å²) in [5, 5.41) is 0. The van der Waals surface area contributed by atoms with Gasteiger partial charge in [-0.25, -0.2) is 4.79 Å². The molecule has 2 aliphatic heterocycles. The fraction of sp³-hybridized carbons (Fsp3) is 0.696. The highest BCUT2D eigenvalue weighted by Gasteiger charge is 2.51. The van der Waals surface area contributed by atoms with Crippen molar-refractivity contribution in [2.24, 2.45) is 0 Å². The van der Waals surface area contributed by atoms with E-state index in [4.69, 9.17) is 14.0 Å². The molecule has 1 aromatic rings. The Bertz CT molecular complexity index is 736. The first-order valence-electron chi connectivity index (χ1n) is 11.0. The number of benzene rings is 1. The van der Waals surface area contributed by atoms with Crippen LogP contribution in [0.5, 0.6) is 0 Å². The summed E-state index contributed by atoms with van der Waals surface area (Å²) < 4.78 is 17.9. The van der Waals surface area contributed by atoms with Gasteiger partial charge in [0.05, 0.1) is 11.2 Å². The van der Waals surface area contributed by atoms with Gasteiger partial charge in [-0.15, -0.1) is 0 Å². The van der Waals surface area contributed by atoms with Crippen molar-refractivity contribution in [2.45, 2.75) is 71.7 Å². The van der Waals surface area contributed by atoms with Gasteiger partial charge >= 0.3 is 13.2 Å². The molecule has 2 aliphatic rings. The summed E-state index contributed by atoms with van der Waals surface area (Å²) in [6, 6.07) is 8.51. The molecule has 1 amide bonds. The van der Waals surface area contributed by atoms with E-state index in [2.05, 4.69) is 56.9 Å². The number of ether oxygens (including phenoxy) is 1. The first-order chi connectivity index (χ1) is 13.9. The van der Waals surface area contributed by atoms with Crippen LogP contribution < -0.4 is 5.46 Å². The van der Waals surface area contributed by atoms with Crippen molar-refractivity contribution >= 4 is 18.7 Å². The van der Waals surface area contributed by atoms with Crippen molar-refractivity contribution < 1.29 is 18.8 Å². The van der Waals surface area contributed by atoms with E-state index in [-0.39, 0.29) is 24.4 Å². The predicted octanol–water partition coefficient (Wildman–Crippen LogP) is 3.08. The zero-order chi connectivity index (χ0) is 22.2. The Hall–Kier alpha value is -1.57. The van der Waals surface area contributed by atoms with E-state index >= 15 is 0 Å². The van der Waals surface area contributed by atoms with Crippen LogP contribution in [-0.2, 0) is 20.5 Å². The van der Waals surface area contributed by atoms with Crippen LogP contribution in [0.2, 0.25) is 0 Å². The maximum absolute atomic E-state index is 12.2. The monoisotopic (exact) mass is 416 g/mol. The van der Waals surface area contributed by atoms with Crippen molar-refractivity contribution in [2.75, 3.05) is 32.7 Å². The van der Waals surface area contributed by atoms with E-state index in [9.17, 15) is 4.79 Å². The van der Waals surface area contributed by atoms with Crippen LogP contribution in [0.15, 0.2) is 24.3 Å². The summed E-state index contributed by atoms with van der Waals surface area (Å²) in [5.41, 5.74) is 1.23. The minimum Gasteiger partial charge on any atom is -0.444 e. The molecule has 0 bridgehead atoms.